The van der Waals surface area contributed by atoms with Crippen LogP contribution in [0, 0.1) is 11.8 Å². The molecule has 0 saturated carbocycles. The van der Waals surface area contributed by atoms with Crippen LogP contribution in [-0.2, 0) is 9.53 Å². The number of methoxy groups -OCH3 is 2. The van der Waals surface area contributed by atoms with Gasteiger partial charge in [0.05, 0.1) is 0 Å². The van der Waals surface area contributed by atoms with Gasteiger partial charge in [0.25, 0.3) is 0 Å². The fourth-order valence-electron chi connectivity index (χ4n) is 3.16. The third-order valence-corrected chi connectivity index (χ3v) is 6.94. The average molecular weight is 401 g/mol. The Labute approximate surface area is 155 Å². The van der Waals surface area contributed by atoms with Gasteiger partial charge in [0, 0.05) is 0 Å². The van der Waals surface area contributed by atoms with Crippen LogP contribution in [0.4, 0.5) is 0 Å². The van der Waals surface area contributed by atoms with E-state index in [4.69, 9.17) is 9.47 Å². The fraction of sp³-hybridized carbons (Fsp3) is 0.286. The molecule has 2 aromatic rings. The summed E-state index contributed by atoms with van der Waals surface area (Å²) >= 11 is 0.391. The summed E-state index contributed by atoms with van der Waals surface area (Å²) in [6.07, 6.45) is 2.93. The van der Waals surface area contributed by atoms with E-state index < -0.39 is 0 Å². The zero-order valence-electron chi connectivity index (χ0n) is 14.5. The van der Waals surface area contributed by atoms with Crippen molar-refractivity contribution in [3.63, 3.8) is 0 Å². The molecule has 0 amide bonds. The van der Waals surface area contributed by atoms with E-state index in [2.05, 4.69) is 42.5 Å². The summed E-state index contributed by atoms with van der Waals surface area (Å²) in [5, 5.41) is 1.09. The number of allylic oxidation sites excluding steroid dienone is 1. The number of carbonyl (C=O) groups excluding carboxylic acids is 1. The molecule has 0 heterocycles. The number of rotatable bonds is 6. The first-order chi connectivity index (χ1) is 12.2. The van der Waals surface area contributed by atoms with Crippen molar-refractivity contribution in [2.24, 2.45) is 11.8 Å². The summed E-state index contributed by atoms with van der Waals surface area (Å²) < 4.78 is 11.6. The summed E-state index contributed by atoms with van der Waals surface area (Å²) in [7, 11) is 3.13. The Kier molecular flexibility index (Phi) is 5.95. The van der Waals surface area contributed by atoms with Crippen LogP contribution < -0.4 is 9.20 Å². The Morgan fingerprint density at radius 1 is 1.08 bits per heavy atom. The van der Waals surface area contributed by atoms with Crippen LogP contribution in [0.15, 0.2) is 60.7 Å². The summed E-state index contributed by atoms with van der Waals surface area (Å²) in [4.78, 5) is 12.0. The van der Waals surface area contributed by atoms with E-state index >= 15 is 0 Å². The van der Waals surface area contributed by atoms with Crippen molar-refractivity contribution in [3.05, 3.63) is 66.2 Å². The molecule has 25 heavy (non-hydrogen) atoms. The number of benzene rings is 2. The average Bonchev–Trinajstić information content (AvgIpc) is 3.11. The van der Waals surface area contributed by atoms with Crippen LogP contribution in [0.25, 0.3) is 5.57 Å². The molecule has 2 atom stereocenters. The van der Waals surface area contributed by atoms with Crippen molar-refractivity contribution < 1.29 is 14.3 Å². The van der Waals surface area contributed by atoms with Crippen LogP contribution >= 0.6 is 0 Å². The summed E-state index contributed by atoms with van der Waals surface area (Å²) in [6, 6.07) is 18.7. The number of ether oxygens (including phenoxy) is 2. The second-order valence-electron chi connectivity index (χ2n) is 6.04. The van der Waals surface area contributed by atoms with Crippen molar-refractivity contribution in [1.29, 1.82) is 0 Å². The molecule has 0 N–H and O–H groups in total. The van der Waals surface area contributed by atoms with Gasteiger partial charge < -0.3 is 0 Å². The van der Waals surface area contributed by atoms with Gasteiger partial charge in [-0.25, -0.2) is 0 Å². The summed E-state index contributed by atoms with van der Waals surface area (Å²) in [6.45, 7) is 0. The molecule has 1 aliphatic rings. The second-order valence-corrected chi connectivity index (χ2v) is 8.33. The maximum absolute atomic E-state index is 12.0. The Bertz CT molecular complexity index is 737. The molecule has 0 saturated heterocycles. The minimum absolute atomic E-state index is 0.138. The zero-order chi connectivity index (χ0) is 17.6. The first-order valence-electron chi connectivity index (χ1n) is 8.33. The summed E-state index contributed by atoms with van der Waals surface area (Å²) in [5.74, 6) is 0.953. The van der Waals surface area contributed by atoms with Gasteiger partial charge in [0.2, 0.25) is 0 Å². The molecule has 0 fully saturated rings. The molecular weight excluding hydrogens is 379 g/mol. The molecule has 1 aliphatic carbocycles. The minimum atomic E-state index is -0.140. The first kappa shape index (κ1) is 17.8. The Morgan fingerprint density at radius 2 is 1.80 bits per heavy atom. The topological polar surface area (TPSA) is 35.5 Å². The van der Waals surface area contributed by atoms with Gasteiger partial charge in [-0.15, -0.1) is 0 Å². The Balaban J connectivity index is 1.79. The molecule has 0 radical (unpaired) electrons. The molecule has 2 unspecified atom stereocenters. The standard InChI is InChI=1S/C21H22O3Se/c1-23-18-10-8-15(9-11-18)20-13-16(21(22)24-2)12-17(20)14-25-19-6-4-3-5-7-19/h3-11,13,16-17H,12,14H2,1-2H3. The van der Waals surface area contributed by atoms with Gasteiger partial charge in [-0.1, -0.05) is 0 Å². The molecular formula is C21H22O3Se. The van der Waals surface area contributed by atoms with Crippen molar-refractivity contribution in [2.45, 2.75) is 11.7 Å². The molecule has 3 rings (SSSR count). The van der Waals surface area contributed by atoms with Crippen molar-refractivity contribution in [1.82, 2.24) is 0 Å². The van der Waals surface area contributed by atoms with Crippen LogP contribution in [0.1, 0.15) is 12.0 Å². The molecule has 2 aromatic carbocycles. The number of esters is 1. The van der Waals surface area contributed by atoms with E-state index in [9.17, 15) is 4.79 Å². The number of hydrogen-bond acceptors (Lipinski definition) is 3. The SMILES string of the molecule is COC(=O)C1C=C(c2ccc(OC)cc2)C(C[Se]c2ccccc2)C1. The molecule has 3 nitrogen and oxygen atoms in total. The Hall–Kier alpha value is -2.03. The normalized spacial score (nSPS) is 19.4. The maximum atomic E-state index is 12.0. The van der Waals surface area contributed by atoms with E-state index in [0.717, 1.165) is 17.5 Å². The summed E-state index contributed by atoms with van der Waals surface area (Å²) in [5.41, 5.74) is 2.43. The van der Waals surface area contributed by atoms with Crippen molar-refractivity contribution in [2.75, 3.05) is 14.2 Å². The number of hydrogen-bond donors (Lipinski definition) is 0. The van der Waals surface area contributed by atoms with Gasteiger partial charge >= 0.3 is 155 Å². The van der Waals surface area contributed by atoms with Gasteiger partial charge in [-0.05, 0) is 0 Å². The van der Waals surface area contributed by atoms with Crippen LogP contribution in [0.5, 0.6) is 5.75 Å². The predicted octanol–water partition coefficient (Wildman–Crippen LogP) is 3.34. The number of carbonyl (C=O) groups is 1. The molecule has 0 aromatic heterocycles. The van der Waals surface area contributed by atoms with Gasteiger partial charge in [-0.3, -0.25) is 0 Å². The van der Waals surface area contributed by atoms with Crippen molar-refractivity contribution >= 4 is 31.0 Å². The third kappa shape index (κ3) is 4.33. The third-order valence-electron chi connectivity index (χ3n) is 4.48. The van der Waals surface area contributed by atoms with E-state index in [1.807, 2.05) is 18.2 Å². The van der Waals surface area contributed by atoms with Crippen LogP contribution in [-0.4, -0.2) is 35.1 Å². The fourth-order valence-corrected chi connectivity index (χ4v) is 5.38. The molecule has 130 valence electrons. The van der Waals surface area contributed by atoms with Gasteiger partial charge in [-0.2, -0.15) is 0 Å². The van der Waals surface area contributed by atoms with Gasteiger partial charge in [0.15, 0.2) is 0 Å². The Morgan fingerprint density at radius 3 is 2.44 bits per heavy atom. The van der Waals surface area contributed by atoms with Crippen LogP contribution in [0.3, 0.4) is 0 Å². The molecule has 0 spiro atoms. The van der Waals surface area contributed by atoms with E-state index in [1.165, 1.54) is 22.7 Å². The second kappa shape index (κ2) is 8.37. The predicted molar refractivity (Wildman–Crippen MR) is 101 cm³/mol. The molecule has 0 aliphatic heterocycles. The first-order valence-corrected chi connectivity index (χ1v) is 10.4. The zero-order valence-corrected chi connectivity index (χ0v) is 16.2. The van der Waals surface area contributed by atoms with E-state index in [-0.39, 0.29) is 11.9 Å². The van der Waals surface area contributed by atoms with Crippen LogP contribution in [0.2, 0.25) is 5.32 Å². The van der Waals surface area contributed by atoms with E-state index in [1.54, 1.807) is 7.11 Å². The molecule has 4 heteroatoms. The van der Waals surface area contributed by atoms with Crippen molar-refractivity contribution in [3.8, 4) is 5.75 Å². The molecule has 0 bridgehead atoms. The van der Waals surface area contributed by atoms with Gasteiger partial charge in [0.1, 0.15) is 0 Å². The monoisotopic (exact) mass is 402 g/mol. The van der Waals surface area contributed by atoms with E-state index in [0.29, 0.717) is 20.9 Å². The quantitative estimate of drug-likeness (QED) is 0.550.